The highest BCUT2D eigenvalue weighted by Gasteiger charge is 2.17. The van der Waals surface area contributed by atoms with Crippen LogP contribution in [-0.4, -0.2) is 23.1 Å². The highest BCUT2D eigenvalue weighted by atomic mass is 16.1. The van der Waals surface area contributed by atoms with Crippen molar-refractivity contribution in [2.24, 2.45) is 5.92 Å². The Morgan fingerprint density at radius 1 is 1.41 bits per heavy atom. The lowest BCUT2D eigenvalue weighted by Crippen LogP contribution is -2.29. The fourth-order valence-electron chi connectivity index (χ4n) is 2.32. The van der Waals surface area contributed by atoms with Gasteiger partial charge >= 0.3 is 0 Å². The second-order valence-corrected chi connectivity index (χ2v) is 5.25. The Morgan fingerprint density at radius 3 is 2.71 bits per heavy atom. The van der Waals surface area contributed by atoms with Crippen molar-refractivity contribution in [3.8, 4) is 0 Å². The van der Waals surface area contributed by atoms with Gasteiger partial charge in [0.1, 0.15) is 5.82 Å². The second kappa shape index (κ2) is 5.45. The van der Waals surface area contributed by atoms with Gasteiger partial charge in [0, 0.05) is 17.7 Å². The normalized spacial score (nSPS) is 17.6. The fraction of sp³-hybridized carbons (Fsp3) is 0.692. The van der Waals surface area contributed by atoms with Crippen molar-refractivity contribution >= 4 is 0 Å². The second-order valence-electron chi connectivity index (χ2n) is 5.25. The van der Waals surface area contributed by atoms with Crippen LogP contribution in [0.1, 0.15) is 44.0 Å². The summed E-state index contributed by atoms with van der Waals surface area (Å²) in [4.78, 5) is 19.3. The Kier molecular flexibility index (Phi) is 3.94. The maximum Gasteiger partial charge on any atom is 0.254 e. The zero-order valence-electron chi connectivity index (χ0n) is 10.6. The molecule has 1 saturated heterocycles. The van der Waals surface area contributed by atoms with Crippen molar-refractivity contribution in [2.45, 2.75) is 39.0 Å². The molecule has 0 atom stereocenters. The lowest BCUT2D eigenvalue weighted by Gasteiger charge is -2.21. The molecule has 4 heteroatoms. The summed E-state index contributed by atoms with van der Waals surface area (Å²) in [7, 11) is 0. The average Bonchev–Trinajstić information content (AvgIpc) is 2.32. The Morgan fingerprint density at radius 2 is 2.12 bits per heavy atom. The molecule has 1 aromatic heterocycles. The summed E-state index contributed by atoms with van der Waals surface area (Å²) in [6, 6.07) is 0. The molecule has 94 valence electrons. The predicted octanol–water partition coefficient (Wildman–Crippen LogP) is 1.44. The maximum absolute atomic E-state index is 11.9. The number of nitrogens with one attached hydrogen (secondary N) is 2. The SMILES string of the molecule is CC(C)Cc1cnc(C2CCNCC2)[nH]c1=O. The van der Waals surface area contributed by atoms with Gasteiger partial charge in [-0.05, 0) is 38.3 Å². The van der Waals surface area contributed by atoms with E-state index in [0.717, 1.165) is 43.7 Å². The number of H-pyrrole nitrogens is 1. The molecule has 0 radical (unpaired) electrons. The molecule has 0 spiro atoms. The molecule has 2 rings (SSSR count). The Labute approximate surface area is 102 Å². The van der Waals surface area contributed by atoms with E-state index >= 15 is 0 Å². The van der Waals surface area contributed by atoms with Crippen molar-refractivity contribution in [3.63, 3.8) is 0 Å². The molecule has 1 fully saturated rings. The van der Waals surface area contributed by atoms with Crippen LogP contribution in [-0.2, 0) is 6.42 Å². The molecular formula is C13H21N3O. The van der Waals surface area contributed by atoms with E-state index in [4.69, 9.17) is 0 Å². The van der Waals surface area contributed by atoms with Crippen LogP contribution in [0.15, 0.2) is 11.0 Å². The van der Waals surface area contributed by atoms with E-state index in [1.54, 1.807) is 6.20 Å². The molecule has 0 bridgehead atoms. The van der Waals surface area contributed by atoms with Crippen LogP contribution in [0.4, 0.5) is 0 Å². The van der Waals surface area contributed by atoms with E-state index in [2.05, 4.69) is 29.1 Å². The minimum Gasteiger partial charge on any atom is -0.317 e. The predicted molar refractivity (Wildman–Crippen MR) is 68.2 cm³/mol. The Bertz CT molecular complexity index is 419. The number of aromatic amines is 1. The van der Waals surface area contributed by atoms with Crippen LogP contribution in [0.3, 0.4) is 0 Å². The summed E-state index contributed by atoms with van der Waals surface area (Å²) in [6.45, 7) is 6.25. The van der Waals surface area contributed by atoms with Crippen molar-refractivity contribution < 1.29 is 0 Å². The first-order chi connectivity index (χ1) is 8.16. The van der Waals surface area contributed by atoms with Gasteiger partial charge in [-0.15, -0.1) is 0 Å². The van der Waals surface area contributed by atoms with E-state index in [9.17, 15) is 4.79 Å². The molecule has 0 amide bonds. The van der Waals surface area contributed by atoms with E-state index in [1.807, 2.05) is 0 Å². The van der Waals surface area contributed by atoms with Crippen LogP contribution in [0.5, 0.6) is 0 Å². The summed E-state index contributed by atoms with van der Waals surface area (Å²) in [5.41, 5.74) is 0.847. The van der Waals surface area contributed by atoms with Gasteiger partial charge in [0.05, 0.1) is 0 Å². The number of hydrogen-bond donors (Lipinski definition) is 2. The molecule has 2 heterocycles. The topological polar surface area (TPSA) is 57.8 Å². The van der Waals surface area contributed by atoms with E-state index in [-0.39, 0.29) is 5.56 Å². The molecule has 2 N–H and O–H groups in total. The summed E-state index contributed by atoms with van der Waals surface area (Å²) in [5.74, 6) is 1.77. The number of aromatic nitrogens is 2. The number of nitrogens with zero attached hydrogens (tertiary/aromatic N) is 1. The first-order valence-electron chi connectivity index (χ1n) is 6.45. The number of hydrogen-bond acceptors (Lipinski definition) is 3. The monoisotopic (exact) mass is 235 g/mol. The lowest BCUT2D eigenvalue weighted by molar-refractivity contribution is 0.443. The zero-order valence-corrected chi connectivity index (χ0v) is 10.6. The van der Waals surface area contributed by atoms with Gasteiger partial charge in [-0.1, -0.05) is 13.8 Å². The highest BCUT2D eigenvalue weighted by Crippen LogP contribution is 2.20. The number of piperidine rings is 1. The molecule has 0 unspecified atom stereocenters. The molecule has 0 aromatic carbocycles. The third-order valence-corrected chi connectivity index (χ3v) is 3.25. The summed E-state index contributed by atoms with van der Waals surface area (Å²) >= 11 is 0. The molecule has 0 aliphatic carbocycles. The zero-order chi connectivity index (χ0) is 12.3. The fourth-order valence-corrected chi connectivity index (χ4v) is 2.32. The first kappa shape index (κ1) is 12.3. The van der Waals surface area contributed by atoms with Gasteiger partial charge in [-0.3, -0.25) is 4.79 Å². The molecule has 1 aromatic rings. The molecule has 1 aliphatic rings. The van der Waals surface area contributed by atoms with Crippen molar-refractivity contribution in [1.29, 1.82) is 0 Å². The van der Waals surface area contributed by atoms with Crippen LogP contribution in [0.2, 0.25) is 0 Å². The minimum absolute atomic E-state index is 0.0437. The van der Waals surface area contributed by atoms with E-state index < -0.39 is 0 Å². The van der Waals surface area contributed by atoms with Gasteiger partial charge in [-0.2, -0.15) is 0 Å². The Balaban J connectivity index is 2.15. The average molecular weight is 235 g/mol. The summed E-state index contributed by atoms with van der Waals surface area (Å²) in [5, 5.41) is 3.32. The largest absolute Gasteiger partial charge is 0.317 e. The van der Waals surface area contributed by atoms with Crippen LogP contribution in [0, 0.1) is 5.92 Å². The van der Waals surface area contributed by atoms with Crippen LogP contribution in [0.25, 0.3) is 0 Å². The van der Waals surface area contributed by atoms with Crippen molar-refractivity contribution in [2.75, 3.05) is 13.1 Å². The van der Waals surface area contributed by atoms with E-state index in [0.29, 0.717) is 11.8 Å². The maximum atomic E-state index is 11.9. The number of rotatable bonds is 3. The summed E-state index contributed by atoms with van der Waals surface area (Å²) in [6.07, 6.45) is 4.68. The van der Waals surface area contributed by atoms with Gasteiger partial charge < -0.3 is 10.3 Å². The highest BCUT2D eigenvalue weighted by molar-refractivity contribution is 5.09. The minimum atomic E-state index is 0.0437. The van der Waals surface area contributed by atoms with Crippen molar-refractivity contribution in [1.82, 2.24) is 15.3 Å². The first-order valence-corrected chi connectivity index (χ1v) is 6.45. The van der Waals surface area contributed by atoms with Crippen molar-refractivity contribution in [3.05, 3.63) is 27.9 Å². The van der Waals surface area contributed by atoms with Gasteiger partial charge in [0.25, 0.3) is 5.56 Å². The smallest absolute Gasteiger partial charge is 0.254 e. The third kappa shape index (κ3) is 3.16. The van der Waals surface area contributed by atoms with Crippen LogP contribution < -0.4 is 10.9 Å². The van der Waals surface area contributed by atoms with Gasteiger partial charge in [0.15, 0.2) is 0 Å². The lowest BCUT2D eigenvalue weighted by atomic mass is 9.97. The molecule has 4 nitrogen and oxygen atoms in total. The van der Waals surface area contributed by atoms with Gasteiger partial charge in [0.2, 0.25) is 0 Å². The quantitative estimate of drug-likeness (QED) is 0.833. The van der Waals surface area contributed by atoms with Crippen LogP contribution >= 0.6 is 0 Å². The third-order valence-electron chi connectivity index (χ3n) is 3.25. The van der Waals surface area contributed by atoms with E-state index in [1.165, 1.54) is 0 Å². The summed E-state index contributed by atoms with van der Waals surface area (Å²) < 4.78 is 0. The molecular weight excluding hydrogens is 214 g/mol. The standard InChI is InChI=1S/C13H21N3O/c1-9(2)7-11-8-15-12(16-13(11)17)10-3-5-14-6-4-10/h8-10,14H,3-7H2,1-2H3,(H,15,16,17). The molecule has 17 heavy (non-hydrogen) atoms. The molecule has 1 aliphatic heterocycles. The Hall–Kier alpha value is -1.16. The molecule has 0 saturated carbocycles. The van der Waals surface area contributed by atoms with Gasteiger partial charge in [-0.25, -0.2) is 4.98 Å².